The Morgan fingerprint density at radius 3 is 2.33 bits per heavy atom. The van der Waals surface area contributed by atoms with Gasteiger partial charge in [0.1, 0.15) is 11.6 Å². The molecule has 114 valence electrons. The molecule has 3 nitrogen and oxygen atoms in total. The zero-order chi connectivity index (χ0) is 15.6. The Kier molecular flexibility index (Phi) is 4.73. The third-order valence-electron chi connectivity index (χ3n) is 3.87. The second kappa shape index (κ2) is 6.35. The van der Waals surface area contributed by atoms with Crippen molar-refractivity contribution in [1.82, 2.24) is 15.1 Å². The molecule has 1 heterocycles. The standard InChI is InChI=1S/C16H21F2N3/c1-5-19-15(16-13(17)7-6-8-14(16)18)9-12-10(2)20-21(4)11(12)3/h6-8,15,19H,5,9H2,1-4H3. The molecule has 0 spiro atoms. The summed E-state index contributed by atoms with van der Waals surface area (Å²) in [5, 5.41) is 7.54. The van der Waals surface area contributed by atoms with Gasteiger partial charge in [-0.05, 0) is 44.5 Å². The first-order valence-electron chi connectivity index (χ1n) is 7.12. The fraction of sp³-hybridized carbons (Fsp3) is 0.438. The lowest BCUT2D eigenvalue weighted by Gasteiger charge is -2.20. The Morgan fingerprint density at radius 2 is 1.86 bits per heavy atom. The van der Waals surface area contributed by atoms with Gasteiger partial charge in [0.15, 0.2) is 0 Å². The molecule has 2 rings (SSSR count). The average molecular weight is 293 g/mol. The molecule has 0 radical (unpaired) electrons. The molecule has 1 atom stereocenters. The zero-order valence-corrected chi connectivity index (χ0v) is 12.9. The summed E-state index contributed by atoms with van der Waals surface area (Å²) < 4.78 is 29.9. The maximum atomic E-state index is 14.0. The van der Waals surface area contributed by atoms with Crippen LogP contribution in [0.5, 0.6) is 0 Å². The van der Waals surface area contributed by atoms with Gasteiger partial charge in [-0.2, -0.15) is 5.10 Å². The van der Waals surface area contributed by atoms with Crippen molar-refractivity contribution in [3.63, 3.8) is 0 Å². The van der Waals surface area contributed by atoms with E-state index >= 15 is 0 Å². The van der Waals surface area contributed by atoms with Crippen molar-refractivity contribution in [2.75, 3.05) is 6.54 Å². The number of aryl methyl sites for hydroxylation is 2. The number of rotatable bonds is 5. The third kappa shape index (κ3) is 3.13. The second-order valence-corrected chi connectivity index (χ2v) is 5.22. The van der Waals surface area contributed by atoms with Gasteiger partial charge in [-0.25, -0.2) is 8.78 Å². The molecule has 1 unspecified atom stereocenters. The molecule has 5 heteroatoms. The zero-order valence-electron chi connectivity index (χ0n) is 12.9. The van der Waals surface area contributed by atoms with Crippen LogP contribution in [0.25, 0.3) is 0 Å². The molecule has 1 aromatic heterocycles. The lowest BCUT2D eigenvalue weighted by atomic mass is 9.96. The molecule has 0 bridgehead atoms. The third-order valence-corrected chi connectivity index (χ3v) is 3.87. The molecule has 0 aliphatic heterocycles. The molecule has 1 N–H and O–H groups in total. The van der Waals surface area contributed by atoms with E-state index in [1.165, 1.54) is 18.2 Å². The molecule has 21 heavy (non-hydrogen) atoms. The first-order chi connectivity index (χ1) is 9.95. The van der Waals surface area contributed by atoms with Crippen molar-refractivity contribution in [3.8, 4) is 0 Å². The number of likely N-dealkylation sites (N-methyl/N-ethyl adjacent to an activating group) is 1. The summed E-state index contributed by atoms with van der Waals surface area (Å²) in [6.07, 6.45) is 0.511. The summed E-state index contributed by atoms with van der Waals surface area (Å²) in [4.78, 5) is 0. The number of halogens is 2. The molecule has 2 aromatic rings. The maximum absolute atomic E-state index is 14.0. The molecule has 0 aliphatic rings. The Bertz CT molecular complexity index is 614. The first kappa shape index (κ1) is 15.6. The number of nitrogens with zero attached hydrogens (tertiary/aromatic N) is 2. The molecule has 1 aromatic carbocycles. The van der Waals surface area contributed by atoms with Crippen molar-refractivity contribution in [2.24, 2.45) is 7.05 Å². The first-order valence-corrected chi connectivity index (χ1v) is 7.12. The summed E-state index contributed by atoms with van der Waals surface area (Å²) in [6.45, 7) is 6.45. The summed E-state index contributed by atoms with van der Waals surface area (Å²) in [5.74, 6) is -1.03. The van der Waals surface area contributed by atoms with Crippen LogP contribution in [0.2, 0.25) is 0 Å². The van der Waals surface area contributed by atoms with Crippen LogP contribution in [0, 0.1) is 25.5 Å². The van der Waals surface area contributed by atoms with Crippen LogP contribution in [-0.4, -0.2) is 16.3 Å². The summed E-state index contributed by atoms with van der Waals surface area (Å²) >= 11 is 0. The highest BCUT2D eigenvalue weighted by atomic mass is 19.1. The van der Waals surface area contributed by atoms with E-state index in [1.54, 1.807) is 4.68 Å². The smallest absolute Gasteiger partial charge is 0.130 e. The maximum Gasteiger partial charge on any atom is 0.130 e. The van der Waals surface area contributed by atoms with Crippen LogP contribution in [-0.2, 0) is 13.5 Å². The van der Waals surface area contributed by atoms with E-state index in [0.717, 1.165) is 17.0 Å². The van der Waals surface area contributed by atoms with E-state index in [1.807, 2.05) is 27.8 Å². The minimum atomic E-state index is -0.514. The van der Waals surface area contributed by atoms with Gasteiger partial charge in [0.25, 0.3) is 0 Å². The van der Waals surface area contributed by atoms with Gasteiger partial charge >= 0.3 is 0 Å². The van der Waals surface area contributed by atoms with Crippen LogP contribution >= 0.6 is 0 Å². The van der Waals surface area contributed by atoms with Gasteiger partial charge in [-0.15, -0.1) is 0 Å². The molecule has 0 saturated heterocycles. The topological polar surface area (TPSA) is 29.9 Å². The Hall–Kier alpha value is -1.75. The van der Waals surface area contributed by atoms with E-state index in [4.69, 9.17) is 0 Å². The van der Waals surface area contributed by atoms with Crippen LogP contribution < -0.4 is 5.32 Å². The fourth-order valence-electron chi connectivity index (χ4n) is 2.68. The number of hydrogen-bond acceptors (Lipinski definition) is 2. The summed E-state index contributed by atoms with van der Waals surface area (Å²) in [7, 11) is 1.87. The number of nitrogens with one attached hydrogen (secondary N) is 1. The number of hydrogen-bond donors (Lipinski definition) is 1. The van der Waals surface area contributed by atoms with Crippen LogP contribution in [0.4, 0.5) is 8.78 Å². The van der Waals surface area contributed by atoms with Crippen LogP contribution in [0.15, 0.2) is 18.2 Å². The van der Waals surface area contributed by atoms with Crippen LogP contribution in [0.3, 0.4) is 0 Å². The predicted octanol–water partition coefficient (Wildman–Crippen LogP) is 3.21. The van der Waals surface area contributed by atoms with Gasteiger partial charge in [0.05, 0.1) is 5.69 Å². The monoisotopic (exact) mass is 293 g/mol. The van der Waals surface area contributed by atoms with Gasteiger partial charge in [0.2, 0.25) is 0 Å². The normalized spacial score (nSPS) is 12.7. The Balaban J connectivity index is 2.40. The minimum absolute atomic E-state index is 0.0991. The summed E-state index contributed by atoms with van der Waals surface area (Å²) in [6, 6.07) is 3.58. The predicted molar refractivity (Wildman–Crippen MR) is 79.2 cm³/mol. The van der Waals surface area contributed by atoms with Crippen molar-refractivity contribution in [2.45, 2.75) is 33.2 Å². The van der Waals surface area contributed by atoms with Crippen LogP contribution in [0.1, 0.15) is 35.5 Å². The molecule has 0 saturated carbocycles. The van der Waals surface area contributed by atoms with E-state index in [9.17, 15) is 8.78 Å². The molecule has 0 fully saturated rings. The van der Waals surface area contributed by atoms with Gasteiger partial charge in [-0.3, -0.25) is 4.68 Å². The largest absolute Gasteiger partial charge is 0.310 e. The SMILES string of the molecule is CCNC(Cc1c(C)nn(C)c1C)c1c(F)cccc1F. The van der Waals surface area contributed by atoms with Gasteiger partial charge in [-0.1, -0.05) is 13.0 Å². The van der Waals surface area contributed by atoms with Crippen molar-refractivity contribution < 1.29 is 8.78 Å². The highest BCUT2D eigenvalue weighted by Gasteiger charge is 2.22. The second-order valence-electron chi connectivity index (χ2n) is 5.22. The Morgan fingerprint density at radius 1 is 1.24 bits per heavy atom. The van der Waals surface area contributed by atoms with Crippen molar-refractivity contribution in [1.29, 1.82) is 0 Å². The highest BCUT2D eigenvalue weighted by molar-refractivity contribution is 5.30. The van der Waals surface area contributed by atoms with Gasteiger partial charge in [0, 0.05) is 24.3 Å². The van der Waals surface area contributed by atoms with E-state index in [0.29, 0.717) is 13.0 Å². The fourth-order valence-corrected chi connectivity index (χ4v) is 2.68. The highest BCUT2D eigenvalue weighted by Crippen LogP contribution is 2.26. The minimum Gasteiger partial charge on any atom is -0.310 e. The van der Waals surface area contributed by atoms with Gasteiger partial charge < -0.3 is 5.32 Å². The molecule has 0 aliphatic carbocycles. The summed E-state index contributed by atoms with van der Waals surface area (Å²) in [5.41, 5.74) is 3.05. The lowest BCUT2D eigenvalue weighted by Crippen LogP contribution is -2.25. The number of benzene rings is 1. The van der Waals surface area contributed by atoms with Crippen molar-refractivity contribution >= 4 is 0 Å². The molecular formula is C16H21F2N3. The Labute approximate surface area is 124 Å². The van der Waals surface area contributed by atoms with Crippen molar-refractivity contribution in [3.05, 3.63) is 52.3 Å². The average Bonchev–Trinajstić information content (AvgIpc) is 2.65. The molecular weight excluding hydrogens is 272 g/mol. The van der Waals surface area contributed by atoms with E-state index < -0.39 is 17.7 Å². The van der Waals surface area contributed by atoms with E-state index in [-0.39, 0.29) is 5.56 Å². The quantitative estimate of drug-likeness (QED) is 0.917. The molecule has 0 amide bonds. The lowest BCUT2D eigenvalue weighted by molar-refractivity contribution is 0.472. The van der Waals surface area contributed by atoms with E-state index in [2.05, 4.69) is 10.4 Å². The number of aromatic nitrogens is 2.